The van der Waals surface area contributed by atoms with Gasteiger partial charge >= 0.3 is 0 Å². The Labute approximate surface area is 164 Å². The van der Waals surface area contributed by atoms with Crippen molar-refractivity contribution in [2.45, 2.75) is 19.8 Å². The predicted octanol–water partition coefficient (Wildman–Crippen LogP) is 2.45. The molecule has 146 valence electrons. The fourth-order valence-electron chi connectivity index (χ4n) is 2.91. The molecule has 7 nitrogen and oxygen atoms in total. The number of ether oxygens (including phenoxy) is 1. The molecular weight excluding hydrogens is 354 g/mol. The summed E-state index contributed by atoms with van der Waals surface area (Å²) >= 11 is 0. The largest absolute Gasteiger partial charge is 0.496 e. The van der Waals surface area contributed by atoms with Gasteiger partial charge in [-0.25, -0.2) is 0 Å². The van der Waals surface area contributed by atoms with Crippen molar-refractivity contribution in [1.82, 2.24) is 16.0 Å². The minimum Gasteiger partial charge on any atom is -0.496 e. The van der Waals surface area contributed by atoms with Crippen LogP contribution in [0.3, 0.4) is 0 Å². The third kappa shape index (κ3) is 4.82. The molecule has 0 fully saturated rings. The molecule has 2 aromatic rings. The molecule has 0 bridgehead atoms. The number of carbonyl (C=O) groups is 1. The summed E-state index contributed by atoms with van der Waals surface area (Å²) in [5.41, 5.74) is 3.34. The lowest BCUT2D eigenvalue weighted by Crippen LogP contribution is -2.52. The van der Waals surface area contributed by atoms with Crippen molar-refractivity contribution in [3.63, 3.8) is 0 Å². The first kappa shape index (κ1) is 19.3. The Balaban J connectivity index is 1.68. The van der Waals surface area contributed by atoms with E-state index in [0.29, 0.717) is 17.9 Å². The highest BCUT2D eigenvalue weighted by Gasteiger charge is 2.17. The average Bonchev–Trinajstić information content (AvgIpc) is 2.72. The monoisotopic (exact) mass is 379 g/mol. The fraction of sp³-hybridized carbons (Fsp3) is 0.238. The maximum absolute atomic E-state index is 12.6. The van der Waals surface area contributed by atoms with Gasteiger partial charge in [-0.1, -0.05) is 30.3 Å². The summed E-state index contributed by atoms with van der Waals surface area (Å²) in [7, 11) is 3.29. The zero-order valence-corrected chi connectivity index (χ0v) is 16.2. The van der Waals surface area contributed by atoms with Gasteiger partial charge in [0.2, 0.25) is 0 Å². The molecule has 1 heterocycles. The number of methoxy groups -OCH3 is 1. The lowest BCUT2D eigenvalue weighted by atomic mass is 10.1. The summed E-state index contributed by atoms with van der Waals surface area (Å²) in [6.07, 6.45) is 1.71. The molecule has 2 aromatic carbocycles. The first-order valence-electron chi connectivity index (χ1n) is 9.04. The molecule has 1 unspecified atom stereocenters. The Morgan fingerprint density at radius 3 is 2.68 bits per heavy atom. The number of benzene rings is 2. The van der Waals surface area contributed by atoms with E-state index in [-0.39, 0.29) is 12.2 Å². The standard InChI is InChI=1S/C21H25N5O2/c1-14-11-19(22-2)26-21(24-14)25-16-9-10-17(18(12-16)28-3)20(27)23-13-15-7-5-4-6-8-15/h4-12,21,24-25H,13H2,1-3H3,(H,22,26)(H,23,27). The van der Waals surface area contributed by atoms with Crippen LogP contribution in [-0.2, 0) is 6.54 Å². The lowest BCUT2D eigenvalue weighted by Gasteiger charge is -2.28. The molecule has 1 amide bonds. The summed E-state index contributed by atoms with van der Waals surface area (Å²) in [6, 6.07) is 15.2. The number of rotatable bonds is 6. The van der Waals surface area contributed by atoms with Crippen molar-refractivity contribution in [2.75, 3.05) is 19.5 Å². The van der Waals surface area contributed by atoms with Gasteiger partial charge in [0.05, 0.1) is 12.7 Å². The zero-order chi connectivity index (χ0) is 19.9. The molecule has 0 aliphatic carbocycles. The number of hydrogen-bond acceptors (Lipinski definition) is 5. The van der Waals surface area contributed by atoms with Crippen LogP contribution in [0.5, 0.6) is 5.75 Å². The van der Waals surface area contributed by atoms with Crippen LogP contribution in [0.15, 0.2) is 65.3 Å². The van der Waals surface area contributed by atoms with Crippen molar-refractivity contribution in [2.24, 2.45) is 4.99 Å². The molecule has 0 aromatic heterocycles. The van der Waals surface area contributed by atoms with E-state index >= 15 is 0 Å². The number of aliphatic imine (C=N–C) groups is 1. The van der Waals surface area contributed by atoms with Gasteiger partial charge in [-0.3, -0.25) is 9.79 Å². The summed E-state index contributed by atoms with van der Waals surface area (Å²) in [6.45, 7) is 2.44. The van der Waals surface area contributed by atoms with E-state index in [9.17, 15) is 4.79 Å². The van der Waals surface area contributed by atoms with Crippen LogP contribution in [0.2, 0.25) is 0 Å². The van der Waals surface area contributed by atoms with Gasteiger partial charge in [-0.15, -0.1) is 0 Å². The number of allylic oxidation sites excluding steroid dienone is 1. The maximum atomic E-state index is 12.6. The predicted molar refractivity (Wildman–Crippen MR) is 111 cm³/mol. The number of hydrogen-bond donors (Lipinski definition) is 4. The highest BCUT2D eigenvalue weighted by Crippen LogP contribution is 2.24. The molecule has 0 saturated carbocycles. The summed E-state index contributed by atoms with van der Waals surface area (Å²) < 4.78 is 5.44. The van der Waals surface area contributed by atoms with Crippen molar-refractivity contribution in [3.05, 3.63) is 71.4 Å². The van der Waals surface area contributed by atoms with E-state index in [2.05, 4.69) is 26.3 Å². The Hall–Kier alpha value is -3.48. The van der Waals surface area contributed by atoms with Crippen molar-refractivity contribution in [1.29, 1.82) is 0 Å². The van der Waals surface area contributed by atoms with Crippen LogP contribution in [-0.4, -0.2) is 32.2 Å². The minimum atomic E-state index is -0.217. The second-order valence-corrected chi connectivity index (χ2v) is 6.39. The van der Waals surface area contributed by atoms with Crippen molar-refractivity contribution in [3.8, 4) is 5.75 Å². The molecule has 1 aliphatic heterocycles. The van der Waals surface area contributed by atoms with Gasteiger partial charge in [0.15, 0.2) is 6.29 Å². The molecule has 28 heavy (non-hydrogen) atoms. The SMILES string of the molecule is CN=C1C=C(C)NC(Nc2ccc(C(=O)NCc3ccccc3)c(OC)c2)N1. The molecule has 1 aliphatic rings. The van der Waals surface area contributed by atoms with E-state index in [1.54, 1.807) is 26.3 Å². The number of amidine groups is 1. The van der Waals surface area contributed by atoms with E-state index in [1.807, 2.05) is 49.4 Å². The summed E-state index contributed by atoms with van der Waals surface area (Å²) in [5, 5.41) is 12.7. The zero-order valence-electron chi connectivity index (χ0n) is 16.2. The van der Waals surface area contributed by atoms with E-state index < -0.39 is 0 Å². The molecule has 0 spiro atoms. The maximum Gasteiger partial charge on any atom is 0.255 e. The fourth-order valence-corrected chi connectivity index (χ4v) is 2.91. The molecule has 0 radical (unpaired) electrons. The number of carbonyl (C=O) groups excluding carboxylic acids is 1. The second kappa shape index (κ2) is 8.94. The second-order valence-electron chi connectivity index (χ2n) is 6.39. The first-order valence-corrected chi connectivity index (χ1v) is 9.04. The topological polar surface area (TPSA) is 86.8 Å². The van der Waals surface area contributed by atoms with Crippen LogP contribution in [0.4, 0.5) is 5.69 Å². The third-order valence-corrected chi connectivity index (χ3v) is 4.31. The molecule has 3 rings (SSSR count). The van der Waals surface area contributed by atoms with Crippen LogP contribution in [0, 0.1) is 0 Å². The molecular formula is C21H25N5O2. The van der Waals surface area contributed by atoms with E-state index in [4.69, 9.17) is 4.74 Å². The number of amides is 1. The number of nitrogens with zero attached hydrogens (tertiary/aromatic N) is 1. The highest BCUT2D eigenvalue weighted by molar-refractivity contribution is 5.97. The van der Waals surface area contributed by atoms with Gasteiger partial charge in [0.1, 0.15) is 11.6 Å². The normalized spacial score (nSPS) is 17.2. The van der Waals surface area contributed by atoms with Gasteiger partial charge in [0.25, 0.3) is 5.91 Å². The van der Waals surface area contributed by atoms with Crippen LogP contribution < -0.4 is 26.0 Å². The Kier molecular flexibility index (Phi) is 6.16. The first-order chi connectivity index (χ1) is 13.6. The van der Waals surface area contributed by atoms with Gasteiger partial charge < -0.3 is 26.0 Å². The molecule has 4 N–H and O–H groups in total. The van der Waals surface area contributed by atoms with Crippen molar-refractivity contribution >= 4 is 17.4 Å². The van der Waals surface area contributed by atoms with Gasteiger partial charge in [-0.05, 0) is 30.7 Å². The van der Waals surface area contributed by atoms with Crippen LogP contribution in [0.25, 0.3) is 0 Å². The Morgan fingerprint density at radius 1 is 1.18 bits per heavy atom. The number of nitrogens with one attached hydrogen (secondary N) is 4. The highest BCUT2D eigenvalue weighted by atomic mass is 16.5. The lowest BCUT2D eigenvalue weighted by molar-refractivity contribution is 0.0948. The van der Waals surface area contributed by atoms with Crippen LogP contribution in [0.1, 0.15) is 22.8 Å². The minimum absolute atomic E-state index is 0.180. The Morgan fingerprint density at radius 2 is 1.96 bits per heavy atom. The summed E-state index contributed by atoms with van der Waals surface area (Å²) in [5.74, 6) is 1.11. The number of anilines is 1. The van der Waals surface area contributed by atoms with E-state index in [1.165, 1.54) is 0 Å². The molecule has 0 saturated heterocycles. The van der Waals surface area contributed by atoms with E-state index in [0.717, 1.165) is 22.8 Å². The molecule has 1 atom stereocenters. The van der Waals surface area contributed by atoms with Gasteiger partial charge in [-0.2, -0.15) is 0 Å². The van der Waals surface area contributed by atoms with Gasteiger partial charge in [0, 0.05) is 31.0 Å². The smallest absolute Gasteiger partial charge is 0.255 e. The average molecular weight is 379 g/mol. The van der Waals surface area contributed by atoms with Crippen molar-refractivity contribution < 1.29 is 9.53 Å². The Bertz CT molecular complexity index is 893. The summed E-state index contributed by atoms with van der Waals surface area (Å²) in [4.78, 5) is 16.7. The quantitative estimate of drug-likeness (QED) is 0.619. The van der Waals surface area contributed by atoms with Crippen LogP contribution >= 0.6 is 0 Å². The molecule has 7 heteroatoms. The third-order valence-electron chi connectivity index (χ3n) is 4.31.